The van der Waals surface area contributed by atoms with Gasteiger partial charge < -0.3 is 9.14 Å². The lowest BCUT2D eigenvalue weighted by Gasteiger charge is -2.04. The number of aromatic nitrogens is 2. The van der Waals surface area contributed by atoms with Gasteiger partial charge in [0, 0.05) is 12.4 Å². The minimum absolute atomic E-state index is 0.138. The van der Waals surface area contributed by atoms with E-state index in [9.17, 15) is 4.79 Å². The molecule has 4 nitrogen and oxygen atoms in total. The number of imidazole rings is 1. The Bertz CT molecular complexity index is 534. The molecule has 2 rings (SSSR count). The first kappa shape index (κ1) is 11.1. The molecular weight excluding hydrogens is 272 g/mol. The maximum Gasteiger partial charge on any atom is 0.358 e. The van der Waals surface area contributed by atoms with Crippen molar-refractivity contribution in [1.29, 1.82) is 0 Å². The molecule has 2 heterocycles. The second-order valence-corrected chi connectivity index (χ2v) is 4.52. The van der Waals surface area contributed by atoms with Gasteiger partial charge in [0.2, 0.25) is 0 Å². The third kappa shape index (κ3) is 2.09. The first-order chi connectivity index (χ1) is 7.58. The molecule has 0 aromatic carbocycles. The van der Waals surface area contributed by atoms with Gasteiger partial charge in [-0.2, -0.15) is 0 Å². The van der Waals surface area contributed by atoms with E-state index in [2.05, 4.69) is 20.9 Å². The monoisotopic (exact) mass is 282 g/mol. The molecule has 0 aliphatic heterocycles. The van der Waals surface area contributed by atoms with E-state index in [0.29, 0.717) is 11.3 Å². The molecule has 0 aliphatic carbocycles. The molecule has 0 atom stereocenters. The molecule has 0 amide bonds. The van der Waals surface area contributed by atoms with Crippen LogP contribution in [-0.2, 0) is 4.74 Å². The lowest BCUT2D eigenvalue weighted by molar-refractivity contribution is 0.0371. The molecule has 0 saturated carbocycles. The first-order valence-corrected chi connectivity index (χ1v) is 5.71. The van der Waals surface area contributed by atoms with Crippen molar-refractivity contribution in [2.45, 2.75) is 20.0 Å². The summed E-state index contributed by atoms with van der Waals surface area (Å²) in [5.74, 6) is -0.398. The average Bonchev–Trinajstić information content (AvgIpc) is 2.61. The van der Waals surface area contributed by atoms with Crippen LogP contribution in [0.4, 0.5) is 0 Å². The molecular formula is C11H11BrN2O2. The van der Waals surface area contributed by atoms with Gasteiger partial charge in [-0.1, -0.05) is 0 Å². The van der Waals surface area contributed by atoms with Crippen LogP contribution in [0.5, 0.6) is 0 Å². The van der Waals surface area contributed by atoms with Crippen molar-refractivity contribution >= 4 is 27.5 Å². The largest absolute Gasteiger partial charge is 0.458 e. The second-order valence-electron chi connectivity index (χ2n) is 3.67. The number of hydrogen-bond donors (Lipinski definition) is 0. The molecule has 0 aliphatic rings. The fraction of sp³-hybridized carbons (Fsp3) is 0.273. The summed E-state index contributed by atoms with van der Waals surface area (Å²) >= 11 is 3.37. The van der Waals surface area contributed by atoms with Gasteiger partial charge in [0.25, 0.3) is 0 Å². The van der Waals surface area contributed by atoms with Gasteiger partial charge in [0.15, 0.2) is 11.3 Å². The van der Waals surface area contributed by atoms with E-state index >= 15 is 0 Å². The minimum Gasteiger partial charge on any atom is -0.458 e. The highest BCUT2D eigenvalue weighted by molar-refractivity contribution is 9.10. The predicted molar refractivity (Wildman–Crippen MR) is 63.4 cm³/mol. The molecule has 0 saturated heterocycles. The van der Waals surface area contributed by atoms with Crippen molar-refractivity contribution in [3.05, 3.63) is 34.7 Å². The van der Waals surface area contributed by atoms with Crippen molar-refractivity contribution in [3.8, 4) is 0 Å². The van der Waals surface area contributed by atoms with E-state index < -0.39 is 5.97 Å². The van der Waals surface area contributed by atoms with E-state index in [1.54, 1.807) is 10.6 Å². The lowest BCUT2D eigenvalue weighted by Crippen LogP contribution is -2.11. The lowest BCUT2D eigenvalue weighted by atomic mass is 10.4. The summed E-state index contributed by atoms with van der Waals surface area (Å²) in [7, 11) is 0. The fourth-order valence-corrected chi connectivity index (χ4v) is 1.80. The number of esters is 1. The molecule has 5 heteroatoms. The molecule has 0 bridgehead atoms. The fourth-order valence-electron chi connectivity index (χ4n) is 1.35. The number of nitrogens with zero attached hydrogens (tertiary/aromatic N) is 2. The molecule has 16 heavy (non-hydrogen) atoms. The van der Waals surface area contributed by atoms with Crippen molar-refractivity contribution in [3.63, 3.8) is 0 Å². The van der Waals surface area contributed by atoms with E-state index in [-0.39, 0.29) is 6.10 Å². The number of pyridine rings is 1. The molecule has 0 radical (unpaired) electrons. The van der Waals surface area contributed by atoms with Crippen LogP contribution in [0.3, 0.4) is 0 Å². The van der Waals surface area contributed by atoms with Gasteiger partial charge >= 0.3 is 5.97 Å². The van der Waals surface area contributed by atoms with Gasteiger partial charge in [-0.25, -0.2) is 9.78 Å². The number of fused-ring (bicyclic) bond motifs is 1. The number of hydrogen-bond acceptors (Lipinski definition) is 3. The first-order valence-electron chi connectivity index (χ1n) is 4.92. The van der Waals surface area contributed by atoms with Gasteiger partial charge in [-0.05, 0) is 41.9 Å². The minimum atomic E-state index is -0.398. The molecule has 0 fully saturated rings. The standard InChI is InChI=1S/C11H11BrN2O2/c1-7(2)16-11(15)9-6-14-5-3-4-8(12)10(14)13-9/h3-7H,1-2H3. The zero-order valence-corrected chi connectivity index (χ0v) is 10.6. The SMILES string of the molecule is CC(C)OC(=O)c1cn2cccc(Br)c2n1. The molecule has 2 aromatic heterocycles. The summed E-state index contributed by atoms with van der Waals surface area (Å²) in [5.41, 5.74) is 1.03. The van der Waals surface area contributed by atoms with Gasteiger partial charge in [-0.15, -0.1) is 0 Å². The number of carbonyl (C=O) groups excluding carboxylic acids is 1. The van der Waals surface area contributed by atoms with Crippen molar-refractivity contribution < 1.29 is 9.53 Å². The van der Waals surface area contributed by atoms with Crippen LogP contribution in [0, 0.1) is 0 Å². The molecule has 0 unspecified atom stereocenters. The van der Waals surface area contributed by atoms with E-state index in [0.717, 1.165) is 4.47 Å². The Morgan fingerprint density at radius 2 is 2.31 bits per heavy atom. The van der Waals surface area contributed by atoms with Crippen LogP contribution in [0.15, 0.2) is 29.0 Å². The maximum absolute atomic E-state index is 11.6. The van der Waals surface area contributed by atoms with E-state index in [4.69, 9.17) is 4.74 Å². The Labute approximate surface area is 101 Å². The maximum atomic E-state index is 11.6. The van der Waals surface area contributed by atoms with Gasteiger partial charge in [0.1, 0.15) is 0 Å². The normalized spacial score (nSPS) is 11.0. The Kier molecular flexibility index (Phi) is 2.96. The van der Waals surface area contributed by atoms with Gasteiger partial charge in [-0.3, -0.25) is 0 Å². The summed E-state index contributed by atoms with van der Waals surface area (Å²) in [4.78, 5) is 15.8. The zero-order chi connectivity index (χ0) is 11.7. The number of halogens is 1. The van der Waals surface area contributed by atoms with Crippen LogP contribution in [-0.4, -0.2) is 21.5 Å². The van der Waals surface area contributed by atoms with Crippen LogP contribution >= 0.6 is 15.9 Å². The Morgan fingerprint density at radius 3 is 2.94 bits per heavy atom. The highest BCUT2D eigenvalue weighted by Crippen LogP contribution is 2.17. The molecule has 2 aromatic rings. The highest BCUT2D eigenvalue weighted by atomic mass is 79.9. The van der Waals surface area contributed by atoms with Gasteiger partial charge in [0.05, 0.1) is 10.6 Å². The van der Waals surface area contributed by atoms with E-state index in [1.807, 2.05) is 32.2 Å². The second kappa shape index (κ2) is 4.25. The highest BCUT2D eigenvalue weighted by Gasteiger charge is 2.14. The van der Waals surface area contributed by atoms with Crippen molar-refractivity contribution in [1.82, 2.24) is 9.38 Å². The zero-order valence-electron chi connectivity index (χ0n) is 8.98. The topological polar surface area (TPSA) is 43.6 Å². The van der Waals surface area contributed by atoms with Crippen LogP contribution in [0.2, 0.25) is 0 Å². The summed E-state index contributed by atoms with van der Waals surface area (Å²) in [6, 6.07) is 3.75. The number of rotatable bonds is 2. The van der Waals surface area contributed by atoms with Crippen LogP contribution < -0.4 is 0 Å². The summed E-state index contributed by atoms with van der Waals surface area (Å²) < 4.78 is 7.70. The summed E-state index contributed by atoms with van der Waals surface area (Å²) in [6.45, 7) is 3.62. The van der Waals surface area contributed by atoms with Crippen LogP contribution in [0.1, 0.15) is 24.3 Å². The number of ether oxygens (including phenoxy) is 1. The Hall–Kier alpha value is -1.36. The smallest absolute Gasteiger partial charge is 0.358 e. The van der Waals surface area contributed by atoms with Crippen molar-refractivity contribution in [2.24, 2.45) is 0 Å². The average molecular weight is 283 g/mol. The Balaban J connectivity index is 2.40. The van der Waals surface area contributed by atoms with E-state index in [1.165, 1.54) is 0 Å². The molecule has 84 valence electrons. The third-order valence-electron chi connectivity index (χ3n) is 1.99. The predicted octanol–water partition coefficient (Wildman–Crippen LogP) is 2.66. The van der Waals surface area contributed by atoms with Crippen LogP contribution in [0.25, 0.3) is 5.65 Å². The molecule has 0 spiro atoms. The summed E-state index contributed by atoms with van der Waals surface area (Å²) in [5, 5.41) is 0. The molecule has 0 N–H and O–H groups in total. The third-order valence-corrected chi connectivity index (χ3v) is 2.61. The quantitative estimate of drug-likeness (QED) is 0.796. The van der Waals surface area contributed by atoms with Crippen molar-refractivity contribution in [2.75, 3.05) is 0 Å². The summed E-state index contributed by atoms with van der Waals surface area (Å²) in [6.07, 6.45) is 3.35. The Morgan fingerprint density at radius 1 is 1.56 bits per heavy atom. The number of carbonyl (C=O) groups is 1.